The summed E-state index contributed by atoms with van der Waals surface area (Å²) in [6, 6.07) is 8.00. The molecule has 0 spiro atoms. The zero-order chi connectivity index (χ0) is 23.5. The van der Waals surface area contributed by atoms with Gasteiger partial charge in [0.15, 0.2) is 0 Å². The van der Waals surface area contributed by atoms with Crippen LogP contribution in [0.5, 0.6) is 0 Å². The number of carbonyl (C=O) groups is 2. The summed E-state index contributed by atoms with van der Waals surface area (Å²) in [6.45, 7) is 4.34. The van der Waals surface area contributed by atoms with Crippen molar-refractivity contribution in [1.29, 1.82) is 5.41 Å². The molecule has 0 aliphatic carbocycles. The normalized spacial score (nSPS) is 21.5. The molecule has 1 aromatic carbocycles. The van der Waals surface area contributed by atoms with Gasteiger partial charge in [0.05, 0.1) is 12.6 Å². The van der Waals surface area contributed by atoms with Gasteiger partial charge in [0.1, 0.15) is 5.84 Å². The van der Waals surface area contributed by atoms with E-state index in [0.717, 1.165) is 74.5 Å². The van der Waals surface area contributed by atoms with E-state index in [4.69, 9.17) is 11.1 Å². The Kier molecular flexibility index (Phi) is 7.02. The van der Waals surface area contributed by atoms with Crippen LogP contribution in [0, 0.1) is 5.41 Å². The van der Waals surface area contributed by atoms with Gasteiger partial charge >= 0.3 is 5.97 Å². The molecule has 0 saturated carbocycles. The van der Waals surface area contributed by atoms with Gasteiger partial charge in [-0.05, 0) is 75.9 Å². The first-order chi connectivity index (χ1) is 15.9. The van der Waals surface area contributed by atoms with Crippen LogP contribution in [0.2, 0.25) is 0 Å². The molecule has 178 valence electrons. The van der Waals surface area contributed by atoms with E-state index in [1.165, 1.54) is 5.69 Å². The molecule has 4 rings (SSSR count). The number of fused-ring (bicyclic) bond motifs is 1. The number of rotatable bonds is 8. The second-order valence-electron chi connectivity index (χ2n) is 9.31. The third kappa shape index (κ3) is 4.90. The van der Waals surface area contributed by atoms with E-state index < -0.39 is 5.97 Å². The molecule has 33 heavy (non-hydrogen) atoms. The number of nitrogens with one attached hydrogen (secondary N) is 1. The van der Waals surface area contributed by atoms with Crippen molar-refractivity contribution in [2.24, 2.45) is 5.73 Å². The number of piperidine rings is 1. The Labute approximate surface area is 194 Å². The fourth-order valence-electron chi connectivity index (χ4n) is 5.63. The molecule has 0 unspecified atom stereocenters. The third-order valence-corrected chi connectivity index (χ3v) is 7.25. The molecule has 3 heterocycles. The number of carbonyl (C=O) groups excluding carboxylic acids is 1. The quantitative estimate of drug-likeness (QED) is 0.420. The van der Waals surface area contributed by atoms with Gasteiger partial charge in [-0.3, -0.25) is 19.9 Å². The molecule has 0 bridgehead atoms. The second-order valence-corrected chi connectivity index (χ2v) is 9.31. The maximum atomic E-state index is 13.4. The van der Waals surface area contributed by atoms with Gasteiger partial charge < -0.3 is 20.3 Å². The second kappa shape index (κ2) is 9.95. The highest BCUT2D eigenvalue weighted by Gasteiger charge is 2.37. The third-order valence-electron chi connectivity index (χ3n) is 7.25. The van der Waals surface area contributed by atoms with Gasteiger partial charge in [-0.1, -0.05) is 12.1 Å². The lowest BCUT2D eigenvalue weighted by Crippen LogP contribution is -2.52. The number of nitrogens with zero attached hydrogens (tertiary/aromatic N) is 3. The van der Waals surface area contributed by atoms with Crippen molar-refractivity contribution in [3.8, 4) is 0 Å². The van der Waals surface area contributed by atoms with Crippen LogP contribution < -0.4 is 5.73 Å². The summed E-state index contributed by atoms with van der Waals surface area (Å²) in [7, 11) is 0. The number of benzene rings is 1. The highest BCUT2D eigenvalue weighted by Crippen LogP contribution is 2.28. The summed E-state index contributed by atoms with van der Waals surface area (Å²) in [5.74, 6) is -0.687. The topological polar surface area (TPSA) is 116 Å². The van der Waals surface area contributed by atoms with Crippen LogP contribution >= 0.6 is 0 Å². The molecule has 2 fully saturated rings. The Morgan fingerprint density at radius 1 is 1.15 bits per heavy atom. The minimum atomic E-state index is -0.870. The molecular weight excluding hydrogens is 418 g/mol. The molecule has 2 aliphatic rings. The van der Waals surface area contributed by atoms with Crippen LogP contribution in [0.1, 0.15) is 56.7 Å². The standard InChI is InChI=1S/C25H35N5O3/c1-2-29-20(14-17-8-9-18(24(26)27)15-22(17)29)11-10-19-6-3-4-13-30(19)25(33)21-7-5-12-28(21)16-23(31)32/h8-9,14-15,19,21H,2-7,10-13,16H2,1H3,(H3,26,27)(H,31,32)/t19-,21+/m0/s1. The Hall–Kier alpha value is -2.87. The van der Waals surface area contributed by atoms with Gasteiger partial charge in [-0.15, -0.1) is 0 Å². The maximum absolute atomic E-state index is 13.4. The van der Waals surface area contributed by atoms with Gasteiger partial charge in [-0.25, -0.2) is 0 Å². The molecule has 2 aliphatic heterocycles. The summed E-state index contributed by atoms with van der Waals surface area (Å²) in [4.78, 5) is 28.5. The number of aliphatic carboxylic acids is 1. The molecule has 1 aromatic heterocycles. The van der Waals surface area contributed by atoms with Crippen molar-refractivity contribution in [3.05, 3.63) is 35.5 Å². The van der Waals surface area contributed by atoms with Gasteiger partial charge in [0.25, 0.3) is 0 Å². The number of aromatic nitrogens is 1. The Morgan fingerprint density at radius 2 is 1.97 bits per heavy atom. The predicted molar refractivity (Wildman–Crippen MR) is 129 cm³/mol. The van der Waals surface area contributed by atoms with Crippen molar-refractivity contribution in [3.63, 3.8) is 0 Å². The lowest BCUT2D eigenvalue weighted by molar-refractivity contribution is -0.143. The Bertz CT molecular complexity index is 1050. The maximum Gasteiger partial charge on any atom is 0.317 e. The van der Waals surface area contributed by atoms with E-state index in [2.05, 4.69) is 17.6 Å². The number of hydrogen-bond donors (Lipinski definition) is 3. The molecule has 2 atom stereocenters. The van der Waals surface area contributed by atoms with Gasteiger partial charge in [-0.2, -0.15) is 0 Å². The first-order valence-corrected chi connectivity index (χ1v) is 12.1. The number of carboxylic acid groups (broad SMARTS) is 1. The summed E-state index contributed by atoms with van der Waals surface area (Å²) in [5, 5.41) is 18.1. The predicted octanol–water partition coefficient (Wildman–Crippen LogP) is 2.81. The average molecular weight is 454 g/mol. The van der Waals surface area contributed by atoms with Crippen molar-refractivity contribution in [1.82, 2.24) is 14.4 Å². The van der Waals surface area contributed by atoms with Crippen LogP contribution in [0.4, 0.5) is 0 Å². The van der Waals surface area contributed by atoms with E-state index in [-0.39, 0.29) is 30.4 Å². The van der Waals surface area contributed by atoms with Crippen LogP contribution in [-0.4, -0.2) is 68.9 Å². The lowest BCUT2D eigenvalue weighted by Gasteiger charge is -2.39. The SMILES string of the molecule is CCn1c(CC[C@@H]2CCCCN2C(=O)[C@H]2CCCN2CC(=O)O)cc2ccc(C(=N)N)cc21. The van der Waals surface area contributed by atoms with Crippen LogP contribution in [0.15, 0.2) is 24.3 Å². The zero-order valence-corrected chi connectivity index (χ0v) is 19.4. The van der Waals surface area contributed by atoms with E-state index in [1.54, 1.807) is 0 Å². The number of nitrogens with two attached hydrogens (primary N) is 1. The molecule has 0 radical (unpaired) electrons. The number of amidine groups is 1. The number of amides is 1. The van der Waals surface area contributed by atoms with Crippen LogP contribution in [0.3, 0.4) is 0 Å². The monoisotopic (exact) mass is 453 g/mol. The smallest absolute Gasteiger partial charge is 0.317 e. The van der Waals surface area contributed by atoms with E-state index in [9.17, 15) is 14.7 Å². The minimum absolute atomic E-state index is 0.0617. The molecular formula is C25H35N5O3. The average Bonchev–Trinajstić information content (AvgIpc) is 3.40. The van der Waals surface area contributed by atoms with Gasteiger partial charge in [0.2, 0.25) is 5.91 Å². The fraction of sp³-hybridized carbons (Fsp3) is 0.560. The Balaban J connectivity index is 1.49. The number of aryl methyl sites for hydroxylation is 2. The van der Waals surface area contributed by atoms with Crippen molar-refractivity contribution < 1.29 is 14.7 Å². The molecule has 2 aromatic rings. The molecule has 2 saturated heterocycles. The van der Waals surface area contributed by atoms with Crippen LogP contribution in [0.25, 0.3) is 10.9 Å². The summed E-state index contributed by atoms with van der Waals surface area (Å²) in [6.07, 6.45) is 6.52. The molecule has 4 N–H and O–H groups in total. The minimum Gasteiger partial charge on any atom is -0.480 e. The fourth-order valence-corrected chi connectivity index (χ4v) is 5.63. The van der Waals surface area contributed by atoms with Crippen molar-refractivity contribution >= 4 is 28.6 Å². The summed E-state index contributed by atoms with van der Waals surface area (Å²) < 4.78 is 2.28. The van der Waals surface area contributed by atoms with Crippen molar-refractivity contribution in [2.75, 3.05) is 19.6 Å². The van der Waals surface area contributed by atoms with E-state index in [1.807, 2.05) is 28.0 Å². The first-order valence-electron chi connectivity index (χ1n) is 12.1. The summed E-state index contributed by atoms with van der Waals surface area (Å²) >= 11 is 0. The highest BCUT2D eigenvalue weighted by molar-refractivity contribution is 5.98. The van der Waals surface area contributed by atoms with Crippen molar-refractivity contribution in [2.45, 2.75) is 70.5 Å². The number of nitrogen functional groups attached to an aromatic ring is 1. The van der Waals surface area contributed by atoms with Gasteiger partial charge in [0, 0.05) is 35.9 Å². The lowest BCUT2D eigenvalue weighted by atomic mass is 9.96. The van der Waals surface area contributed by atoms with E-state index >= 15 is 0 Å². The largest absolute Gasteiger partial charge is 0.480 e. The number of carboxylic acids is 1. The Morgan fingerprint density at radius 3 is 2.70 bits per heavy atom. The van der Waals surface area contributed by atoms with E-state index in [0.29, 0.717) is 6.54 Å². The summed E-state index contributed by atoms with van der Waals surface area (Å²) in [5.41, 5.74) is 8.75. The molecule has 8 heteroatoms. The molecule has 1 amide bonds. The number of likely N-dealkylation sites (tertiary alicyclic amines) is 2. The number of hydrogen-bond acceptors (Lipinski definition) is 4. The van der Waals surface area contributed by atoms with Crippen LogP contribution in [-0.2, 0) is 22.6 Å². The zero-order valence-electron chi connectivity index (χ0n) is 19.4. The highest BCUT2D eigenvalue weighted by atomic mass is 16.4. The first kappa shape index (κ1) is 23.3. The molecule has 8 nitrogen and oxygen atoms in total.